The summed E-state index contributed by atoms with van der Waals surface area (Å²) in [6.07, 6.45) is 0. The summed E-state index contributed by atoms with van der Waals surface area (Å²) in [7, 11) is 0. The van der Waals surface area contributed by atoms with Crippen molar-refractivity contribution in [2.24, 2.45) is 0 Å². The van der Waals surface area contributed by atoms with Crippen LogP contribution in [0.3, 0.4) is 0 Å². The number of hydrogen-bond donors (Lipinski definition) is 0. The van der Waals surface area contributed by atoms with Gasteiger partial charge >= 0.3 is 0 Å². The minimum absolute atomic E-state index is 0.882. The van der Waals surface area contributed by atoms with Crippen molar-refractivity contribution in [1.82, 2.24) is 4.57 Å². The molecule has 0 atom stereocenters. The lowest BCUT2D eigenvalue weighted by Gasteiger charge is -2.26. The highest BCUT2D eigenvalue weighted by atomic mass is 16.3. The van der Waals surface area contributed by atoms with Crippen LogP contribution >= 0.6 is 0 Å². The van der Waals surface area contributed by atoms with Crippen LogP contribution in [0.1, 0.15) is 0 Å². The van der Waals surface area contributed by atoms with Crippen LogP contribution in [-0.4, -0.2) is 4.57 Å². The molecule has 0 aliphatic rings. The second kappa shape index (κ2) is 11.7. The summed E-state index contributed by atoms with van der Waals surface area (Å²) in [6, 6.07) is 69.8. The maximum atomic E-state index is 6.25. The molecule has 0 fully saturated rings. The first-order chi connectivity index (χ1) is 26.3. The molecule has 0 aliphatic carbocycles. The van der Waals surface area contributed by atoms with Crippen LogP contribution in [0.25, 0.3) is 82.1 Å². The van der Waals surface area contributed by atoms with Crippen LogP contribution in [0.5, 0.6) is 0 Å². The van der Waals surface area contributed by atoms with E-state index in [2.05, 4.69) is 191 Å². The molecule has 0 amide bonds. The average Bonchev–Trinajstić information content (AvgIpc) is 3.77. The fourth-order valence-electron chi connectivity index (χ4n) is 8.35. The van der Waals surface area contributed by atoms with E-state index in [1.807, 2.05) is 12.1 Å². The van der Waals surface area contributed by atoms with E-state index < -0.39 is 0 Å². The fraction of sp³-hybridized carbons (Fsp3) is 0. The molecule has 0 unspecified atom stereocenters. The Hall–Kier alpha value is -7.10. The highest BCUT2D eigenvalue weighted by Gasteiger charge is 2.18. The van der Waals surface area contributed by atoms with Crippen LogP contribution in [-0.2, 0) is 0 Å². The van der Waals surface area contributed by atoms with Gasteiger partial charge in [0, 0.05) is 44.3 Å². The Morgan fingerprint density at radius 3 is 1.79 bits per heavy atom. The molecule has 9 aromatic carbocycles. The van der Waals surface area contributed by atoms with E-state index in [1.165, 1.54) is 54.5 Å². The molecule has 3 nitrogen and oxygen atoms in total. The van der Waals surface area contributed by atoms with Gasteiger partial charge in [0.1, 0.15) is 11.2 Å². The van der Waals surface area contributed by atoms with Gasteiger partial charge in [0.2, 0.25) is 0 Å². The topological polar surface area (TPSA) is 21.3 Å². The number of anilines is 3. The van der Waals surface area contributed by atoms with E-state index in [1.54, 1.807) is 0 Å². The van der Waals surface area contributed by atoms with Crippen LogP contribution in [0.4, 0.5) is 17.1 Å². The zero-order valence-corrected chi connectivity index (χ0v) is 28.8. The number of benzene rings is 9. The van der Waals surface area contributed by atoms with E-state index in [0.717, 1.165) is 44.7 Å². The molecule has 11 aromatic rings. The summed E-state index contributed by atoms with van der Waals surface area (Å²) in [5.41, 5.74) is 10.9. The molecular formula is C50H32N2O. The molecule has 0 spiro atoms. The summed E-state index contributed by atoms with van der Waals surface area (Å²) < 4.78 is 8.63. The lowest BCUT2D eigenvalue weighted by Crippen LogP contribution is -2.10. The average molecular weight is 677 g/mol. The van der Waals surface area contributed by atoms with Crippen LogP contribution in [0, 0.1) is 0 Å². The third-order valence-electron chi connectivity index (χ3n) is 10.8. The first-order valence-electron chi connectivity index (χ1n) is 18.1. The highest BCUT2D eigenvalue weighted by Crippen LogP contribution is 2.42. The highest BCUT2D eigenvalue weighted by molar-refractivity contribution is 6.12. The first-order valence-corrected chi connectivity index (χ1v) is 18.1. The van der Waals surface area contributed by atoms with E-state index in [4.69, 9.17) is 4.42 Å². The predicted molar refractivity (Wildman–Crippen MR) is 223 cm³/mol. The Labute approximate surface area is 306 Å². The molecule has 0 radical (unpaired) electrons. The molecule has 0 saturated carbocycles. The van der Waals surface area contributed by atoms with Gasteiger partial charge in [0.25, 0.3) is 0 Å². The van der Waals surface area contributed by atoms with Crippen molar-refractivity contribution in [3.63, 3.8) is 0 Å². The van der Waals surface area contributed by atoms with Crippen molar-refractivity contribution in [2.75, 3.05) is 4.90 Å². The normalized spacial score (nSPS) is 11.8. The van der Waals surface area contributed by atoms with Crippen LogP contribution in [0.2, 0.25) is 0 Å². The molecule has 248 valence electrons. The molecule has 2 aromatic heterocycles. The van der Waals surface area contributed by atoms with Gasteiger partial charge in [-0.1, -0.05) is 127 Å². The molecular weight excluding hydrogens is 645 g/mol. The van der Waals surface area contributed by atoms with E-state index in [0.29, 0.717) is 0 Å². The number of rotatable bonds is 5. The lowest BCUT2D eigenvalue weighted by atomic mass is 9.94. The van der Waals surface area contributed by atoms with Crippen molar-refractivity contribution in [3.8, 4) is 16.8 Å². The molecule has 3 heteroatoms. The van der Waals surface area contributed by atoms with Crippen molar-refractivity contribution >= 4 is 82.4 Å². The van der Waals surface area contributed by atoms with E-state index in [9.17, 15) is 0 Å². The summed E-state index contributed by atoms with van der Waals surface area (Å²) in [5.74, 6) is 0. The van der Waals surface area contributed by atoms with E-state index >= 15 is 0 Å². The molecule has 53 heavy (non-hydrogen) atoms. The summed E-state index contributed by atoms with van der Waals surface area (Å²) in [4.78, 5) is 2.36. The van der Waals surface area contributed by atoms with Gasteiger partial charge in [-0.15, -0.1) is 0 Å². The third kappa shape index (κ3) is 4.68. The number of para-hydroxylation sites is 3. The summed E-state index contributed by atoms with van der Waals surface area (Å²) in [5, 5.41) is 9.78. The fourth-order valence-corrected chi connectivity index (χ4v) is 8.35. The van der Waals surface area contributed by atoms with Gasteiger partial charge in [0.15, 0.2) is 0 Å². The number of fused-ring (bicyclic) bond motifs is 9. The SMILES string of the molecule is c1cc(N(c2ccc(-c3cccc4c3ccc3ccccc34)cc2)c2ccc3oc4ccccc4c3c2)cc(-n2c3ccccc3c3ccccc32)c1. The second-order valence-corrected chi connectivity index (χ2v) is 13.7. The molecule has 11 rings (SSSR count). The monoisotopic (exact) mass is 676 g/mol. The standard InChI is InChI=1S/C50H32N2O/c1-2-14-39-33(11-1)25-29-42-40(18-10-19-41(39)42)34-23-26-35(27-24-34)51(38-28-30-50-46(32-38)45-17-5-8-22-49(45)53-50)36-12-9-13-37(31-36)52-47-20-6-3-15-43(47)44-16-4-7-21-48(44)52/h1-32H. The maximum absolute atomic E-state index is 6.25. The number of hydrogen-bond acceptors (Lipinski definition) is 2. The molecule has 2 heterocycles. The predicted octanol–water partition coefficient (Wildman–Crippen LogP) is 14.1. The zero-order chi connectivity index (χ0) is 34.9. The summed E-state index contributed by atoms with van der Waals surface area (Å²) in [6.45, 7) is 0. The Morgan fingerprint density at radius 2 is 0.981 bits per heavy atom. The van der Waals surface area contributed by atoms with Crippen LogP contribution in [0.15, 0.2) is 199 Å². The van der Waals surface area contributed by atoms with Gasteiger partial charge < -0.3 is 13.9 Å². The molecule has 0 N–H and O–H groups in total. The molecule has 0 bridgehead atoms. The second-order valence-electron chi connectivity index (χ2n) is 13.7. The Balaban J connectivity index is 1.09. The molecule has 0 aliphatic heterocycles. The van der Waals surface area contributed by atoms with Gasteiger partial charge in [0.05, 0.1) is 11.0 Å². The lowest BCUT2D eigenvalue weighted by molar-refractivity contribution is 0.669. The molecule has 0 saturated heterocycles. The van der Waals surface area contributed by atoms with Crippen molar-refractivity contribution in [2.45, 2.75) is 0 Å². The first kappa shape index (κ1) is 29.6. The Kier molecular flexibility index (Phi) is 6.55. The Morgan fingerprint density at radius 1 is 0.358 bits per heavy atom. The number of nitrogens with zero attached hydrogens (tertiary/aromatic N) is 2. The van der Waals surface area contributed by atoms with Gasteiger partial charge in [-0.2, -0.15) is 0 Å². The maximum Gasteiger partial charge on any atom is 0.135 e. The quantitative estimate of drug-likeness (QED) is 0.169. The van der Waals surface area contributed by atoms with Crippen molar-refractivity contribution in [3.05, 3.63) is 194 Å². The van der Waals surface area contributed by atoms with Crippen molar-refractivity contribution in [1.29, 1.82) is 0 Å². The number of furan rings is 1. The zero-order valence-electron chi connectivity index (χ0n) is 28.8. The van der Waals surface area contributed by atoms with E-state index in [-0.39, 0.29) is 0 Å². The van der Waals surface area contributed by atoms with Gasteiger partial charge in [-0.3, -0.25) is 0 Å². The minimum Gasteiger partial charge on any atom is -0.456 e. The Bertz CT molecular complexity index is 3130. The summed E-state index contributed by atoms with van der Waals surface area (Å²) >= 11 is 0. The van der Waals surface area contributed by atoms with Crippen LogP contribution < -0.4 is 4.90 Å². The van der Waals surface area contributed by atoms with Gasteiger partial charge in [-0.25, -0.2) is 0 Å². The minimum atomic E-state index is 0.882. The third-order valence-corrected chi connectivity index (χ3v) is 10.8. The smallest absolute Gasteiger partial charge is 0.135 e. The largest absolute Gasteiger partial charge is 0.456 e. The van der Waals surface area contributed by atoms with Gasteiger partial charge in [-0.05, 0) is 99.4 Å². The number of aromatic nitrogens is 1. The van der Waals surface area contributed by atoms with Crippen molar-refractivity contribution < 1.29 is 4.42 Å².